The average Bonchev–Trinajstić information content (AvgIpc) is 3.13. The SMILES string of the molecule is CCCCCCCC/C=C\CCCCCCCCOCC(C)(OCCCCCCCC/C=C\CCCCCCCC)[N+]12CCC(CC1)CC2. The van der Waals surface area contributed by atoms with Crippen LogP contribution in [0.25, 0.3) is 0 Å². The number of rotatable bonds is 36. The van der Waals surface area contributed by atoms with E-state index in [4.69, 9.17) is 9.47 Å². The van der Waals surface area contributed by atoms with Crippen LogP contribution in [0.2, 0.25) is 0 Å². The van der Waals surface area contributed by atoms with Gasteiger partial charge in [-0.25, -0.2) is 0 Å². The number of nitrogens with zero attached hydrogens (tertiary/aromatic N) is 1. The van der Waals surface area contributed by atoms with Gasteiger partial charge in [0.25, 0.3) is 0 Å². The quantitative estimate of drug-likeness (QED) is 0.0371. The summed E-state index contributed by atoms with van der Waals surface area (Å²) in [5, 5.41) is 0. The zero-order valence-corrected chi connectivity index (χ0v) is 33.8. The molecule has 1 atom stereocenters. The second-order valence-electron chi connectivity index (χ2n) is 16.5. The minimum absolute atomic E-state index is 0.171. The number of piperidine rings is 3. The summed E-state index contributed by atoms with van der Waals surface area (Å²) in [7, 11) is 0. The standard InChI is InChI=1S/C46H88NO2/c1-4-6-8-10-12-14-16-18-20-22-24-26-28-30-32-34-42-48-44-46(3,47-39-36-45(37-40-47)38-41-47)49-43-35-33-31-29-27-25-23-21-19-17-15-13-11-9-7-5-2/h18-21,45H,4-17,22-44H2,1-3H3/q+1/b20-18-,21-19-. The fraction of sp³-hybridized carbons (Fsp3) is 0.913. The second-order valence-corrected chi connectivity index (χ2v) is 16.5. The fourth-order valence-corrected chi connectivity index (χ4v) is 8.44. The van der Waals surface area contributed by atoms with Gasteiger partial charge in [-0.2, -0.15) is 0 Å². The molecule has 3 aliphatic heterocycles. The normalized spacial score (nSPS) is 20.6. The van der Waals surface area contributed by atoms with Crippen molar-refractivity contribution in [1.29, 1.82) is 0 Å². The third-order valence-electron chi connectivity index (χ3n) is 12.1. The maximum atomic E-state index is 6.87. The number of fused-ring (bicyclic) bond motifs is 3. The Bertz CT molecular complexity index is 755. The van der Waals surface area contributed by atoms with E-state index in [1.165, 1.54) is 219 Å². The zero-order valence-electron chi connectivity index (χ0n) is 33.8. The van der Waals surface area contributed by atoms with Crippen LogP contribution in [0.4, 0.5) is 0 Å². The highest BCUT2D eigenvalue weighted by Crippen LogP contribution is 2.41. The van der Waals surface area contributed by atoms with E-state index in [9.17, 15) is 0 Å². The molecular formula is C46H88NO2+. The first kappa shape index (κ1) is 44.5. The zero-order chi connectivity index (χ0) is 35.0. The Morgan fingerprint density at radius 1 is 0.469 bits per heavy atom. The van der Waals surface area contributed by atoms with Crippen LogP contribution in [0.15, 0.2) is 24.3 Å². The molecule has 3 saturated heterocycles. The van der Waals surface area contributed by atoms with Crippen molar-refractivity contribution in [3.63, 3.8) is 0 Å². The third kappa shape index (κ3) is 21.5. The van der Waals surface area contributed by atoms with Crippen molar-refractivity contribution in [3.05, 3.63) is 24.3 Å². The van der Waals surface area contributed by atoms with Gasteiger partial charge >= 0.3 is 0 Å². The molecule has 0 spiro atoms. The van der Waals surface area contributed by atoms with Crippen LogP contribution in [0.3, 0.4) is 0 Å². The highest BCUT2D eigenvalue weighted by atomic mass is 16.6. The molecule has 288 valence electrons. The molecular weight excluding hydrogens is 599 g/mol. The minimum atomic E-state index is -0.171. The lowest BCUT2D eigenvalue weighted by molar-refractivity contribution is -1.01. The topological polar surface area (TPSA) is 18.5 Å². The number of hydrogen-bond donors (Lipinski definition) is 0. The van der Waals surface area contributed by atoms with Crippen molar-refractivity contribution in [2.45, 2.75) is 226 Å². The number of hydrogen-bond acceptors (Lipinski definition) is 2. The molecule has 0 aromatic heterocycles. The van der Waals surface area contributed by atoms with Crippen LogP contribution in [0, 0.1) is 5.92 Å². The number of quaternary nitrogens is 1. The third-order valence-corrected chi connectivity index (χ3v) is 12.1. The highest BCUT2D eigenvalue weighted by Gasteiger charge is 2.53. The summed E-state index contributed by atoms with van der Waals surface area (Å²) in [6.07, 6.45) is 51.8. The van der Waals surface area contributed by atoms with Gasteiger partial charge in [0, 0.05) is 13.5 Å². The number of unbranched alkanes of at least 4 members (excludes halogenated alkanes) is 24. The van der Waals surface area contributed by atoms with Crippen LogP contribution in [-0.4, -0.2) is 49.7 Å². The average molecular weight is 687 g/mol. The van der Waals surface area contributed by atoms with E-state index in [0.29, 0.717) is 0 Å². The first-order valence-electron chi connectivity index (χ1n) is 22.5. The summed E-state index contributed by atoms with van der Waals surface area (Å²) >= 11 is 0. The molecule has 3 aliphatic rings. The van der Waals surface area contributed by atoms with Crippen molar-refractivity contribution in [2.24, 2.45) is 5.92 Å². The molecule has 3 fully saturated rings. The Hall–Kier alpha value is -0.640. The molecule has 0 saturated carbocycles. The van der Waals surface area contributed by atoms with Crippen LogP contribution in [0.5, 0.6) is 0 Å². The predicted molar refractivity (Wildman–Crippen MR) is 216 cm³/mol. The minimum Gasteiger partial charge on any atom is -0.372 e. The van der Waals surface area contributed by atoms with Gasteiger partial charge < -0.3 is 9.47 Å². The molecule has 0 aromatic rings. The van der Waals surface area contributed by atoms with E-state index in [0.717, 1.165) is 30.2 Å². The molecule has 0 radical (unpaired) electrons. The molecule has 0 aliphatic carbocycles. The van der Waals surface area contributed by atoms with Gasteiger partial charge in [0.2, 0.25) is 5.72 Å². The lowest BCUT2D eigenvalue weighted by atomic mass is 9.83. The smallest absolute Gasteiger partial charge is 0.224 e. The van der Waals surface area contributed by atoms with E-state index >= 15 is 0 Å². The predicted octanol–water partition coefficient (Wildman–Crippen LogP) is 14.4. The molecule has 3 heteroatoms. The van der Waals surface area contributed by atoms with Crippen molar-refractivity contribution in [2.75, 3.05) is 39.5 Å². The van der Waals surface area contributed by atoms with Crippen LogP contribution in [-0.2, 0) is 9.47 Å². The van der Waals surface area contributed by atoms with Gasteiger partial charge in [0.15, 0.2) is 0 Å². The van der Waals surface area contributed by atoms with Gasteiger partial charge in [-0.1, -0.05) is 154 Å². The van der Waals surface area contributed by atoms with Gasteiger partial charge in [0.1, 0.15) is 6.61 Å². The molecule has 0 amide bonds. The van der Waals surface area contributed by atoms with Crippen LogP contribution in [0.1, 0.15) is 220 Å². The van der Waals surface area contributed by atoms with E-state index in [1.807, 2.05) is 0 Å². The van der Waals surface area contributed by atoms with Crippen molar-refractivity contribution >= 4 is 0 Å². The lowest BCUT2D eigenvalue weighted by Gasteiger charge is -2.57. The summed E-state index contributed by atoms with van der Waals surface area (Å²) in [5.74, 6) is 0.974. The number of ether oxygens (including phenoxy) is 2. The summed E-state index contributed by atoms with van der Waals surface area (Å²) in [5.41, 5.74) is -0.171. The van der Waals surface area contributed by atoms with Gasteiger partial charge in [-0.3, -0.25) is 4.48 Å². The Kier molecular flexibility index (Phi) is 28.1. The van der Waals surface area contributed by atoms with E-state index < -0.39 is 0 Å². The number of allylic oxidation sites excluding steroid dienone is 4. The molecule has 0 aromatic carbocycles. The Balaban J connectivity index is 1.49. The van der Waals surface area contributed by atoms with Crippen LogP contribution < -0.4 is 0 Å². The summed E-state index contributed by atoms with van der Waals surface area (Å²) in [6, 6.07) is 0. The molecule has 1 unspecified atom stereocenters. The first-order valence-corrected chi connectivity index (χ1v) is 22.5. The molecule has 49 heavy (non-hydrogen) atoms. The lowest BCUT2D eigenvalue weighted by Crippen LogP contribution is -2.71. The molecule has 3 rings (SSSR count). The van der Waals surface area contributed by atoms with Crippen molar-refractivity contribution in [3.8, 4) is 0 Å². The van der Waals surface area contributed by atoms with Gasteiger partial charge in [-0.15, -0.1) is 0 Å². The van der Waals surface area contributed by atoms with Gasteiger partial charge in [0.05, 0.1) is 26.2 Å². The van der Waals surface area contributed by atoms with E-state index in [1.54, 1.807) is 0 Å². The summed E-state index contributed by atoms with van der Waals surface area (Å²) in [4.78, 5) is 0. The molecule has 3 nitrogen and oxygen atoms in total. The summed E-state index contributed by atoms with van der Waals surface area (Å²) < 4.78 is 14.5. The Labute approximate surface area is 308 Å². The maximum absolute atomic E-state index is 6.87. The van der Waals surface area contributed by atoms with E-state index in [2.05, 4.69) is 45.1 Å². The Morgan fingerprint density at radius 2 is 0.816 bits per heavy atom. The molecule has 2 bridgehead atoms. The van der Waals surface area contributed by atoms with Crippen molar-refractivity contribution in [1.82, 2.24) is 0 Å². The fourth-order valence-electron chi connectivity index (χ4n) is 8.44. The maximum Gasteiger partial charge on any atom is 0.224 e. The summed E-state index contributed by atoms with van der Waals surface area (Å²) in [6.45, 7) is 13.5. The Morgan fingerprint density at radius 3 is 1.22 bits per heavy atom. The van der Waals surface area contributed by atoms with E-state index in [-0.39, 0.29) is 5.72 Å². The largest absolute Gasteiger partial charge is 0.372 e. The first-order chi connectivity index (χ1) is 24.2. The molecule has 0 N–H and O–H groups in total. The second kappa shape index (κ2) is 30.9. The monoisotopic (exact) mass is 687 g/mol. The van der Waals surface area contributed by atoms with Gasteiger partial charge in [-0.05, 0) is 89.4 Å². The molecule has 3 heterocycles. The van der Waals surface area contributed by atoms with Crippen LogP contribution >= 0.6 is 0 Å². The van der Waals surface area contributed by atoms with Crippen molar-refractivity contribution < 1.29 is 14.0 Å². The highest BCUT2D eigenvalue weighted by molar-refractivity contribution is 4.82.